The van der Waals surface area contributed by atoms with Gasteiger partial charge < -0.3 is 10.6 Å². The number of nitrogens with zero attached hydrogens (tertiary/aromatic N) is 3. The first kappa shape index (κ1) is 18.2. The maximum atomic E-state index is 11.7. The topological polar surface area (TPSA) is 86.7 Å². The molecule has 2 rings (SSSR count). The van der Waals surface area contributed by atoms with Crippen LogP contribution >= 0.6 is 11.3 Å². The summed E-state index contributed by atoms with van der Waals surface area (Å²) in [4.78, 5) is 9.92. The van der Waals surface area contributed by atoms with E-state index in [1.54, 1.807) is 18.4 Å². The smallest absolute Gasteiger partial charge is 0.214 e. The molecule has 1 aliphatic rings. The maximum absolute atomic E-state index is 11.7. The molecule has 23 heavy (non-hydrogen) atoms. The molecule has 0 bridgehead atoms. The second-order valence-corrected chi connectivity index (χ2v) is 8.87. The van der Waals surface area contributed by atoms with Crippen molar-refractivity contribution in [3.05, 3.63) is 15.6 Å². The van der Waals surface area contributed by atoms with Gasteiger partial charge in [-0.25, -0.2) is 17.7 Å². The van der Waals surface area contributed by atoms with Crippen LogP contribution in [0.2, 0.25) is 0 Å². The lowest BCUT2D eigenvalue weighted by atomic mass is 10.4. The van der Waals surface area contributed by atoms with E-state index < -0.39 is 10.0 Å². The van der Waals surface area contributed by atoms with Crippen molar-refractivity contribution in [1.29, 1.82) is 0 Å². The van der Waals surface area contributed by atoms with E-state index in [9.17, 15) is 8.42 Å². The average molecular weight is 360 g/mol. The normalized spacial score (nSPS) is 18.3. The van der Waals surface area contributed by atoms with E-state index in [0.717, 1.165) is 30.1 Å². The fraction of sp³-hybridized carbons (Fsp3) is 0.714. The van der Waals surface area contributed by atoms with E-state index in [0.29, 0.717) is 25.6 Å². The minimum atomic E-state index is -3.02. The van der Waals surface area contributed by atoms with Gasteiger partial charge in [0.15, 0.2) is 5.96 Å². The highest BCUT2D eigenvalue weighted by atomic mass is 32.2. The Balaban J connectivity index is 1.69. The molecule has 0 amide bonds. The Bertz CT molecular complexity index is 635. The van der Waals surface area contributed by atoms with Crippen molar-refractivity contribution < 1.29 is 8.42 Å². The zero-order chi connectivity index (χ0) is 16.9. The minimum absolute atomic E-state index is 0.270. The predicted octanol–water partition coefficient (Wildman–Crippen LogP) is 0.503. The van der Waals surface area contributed by atoms with Gasteiger partial charge in [-0.05, 0) is 20.3 Å². The summed E-state index contributed by atoms with van der Waals surface area (Å²) in [5.74, 6) is 0.957. The Morgan fingerprint density at radius 3 is 2.65 bits per heavy atom. The lowest BCUT2D eigenvalue weighted by Gasteiger charge is -2.16. The number of aromatic nitrogens is 1. The van der Waals surface area contributed by atoms with E-state index in [2.05, 4.69) is 27.5 Å². The molecule has 9 heteroatoms. The van der Waals surface area contributed by atoms with Gasteiger partial charge in [0.1, 0.15) is 0 Å². The number of hydrogen-bond acceptors (Lipinski definition) is 5. The molecule has 7 nitrogen and oxygen atoms in total. The first-order chi connectivity index (χ1) is 10.9. The molecule has 0 aromatic carbocycles. The van der Waals surface area contributed by atoms with Crippen molar-refractivity contribution in [2.45, 2.75) is 26.7 Å². The second-order valence-electron chi connectivity index (χ2n) is 5.49. The highest BCUT2D eigenvalue weighted by Crippen LogP contribution is 2.16. The minimum Gasteiger partial charge on any atom is -0.356 e. The van der Waals surface area contributed by atoms with Crippen LogP contribution in [0.1, 0.15) is 22.0 Å². The van der Waals surface area contributed by atoms with E-state index in [1.165, 1.54) is 9.18 Å². The van der Waals surface area contributed by atoms with Crippen LogP contribution in [0.15, 0.2) is 4.99 Å². The predicted molar refractivity (Wildman–Crippen MR) is 94.6 cm³/mol. The monoisotopic (exact) mass is 359 g/mol. The molecule has 1 aromatic rings. The van der Waals surface area contributed by atoms with Crippen molar-refractivity contribution in [3.8, 4) is 0 Å². The molecule has 0 radical (unpaired) electrons. The van der Waals surface area contributed by atoms with Crippen molar-refractivity contribution in [1.82, 2.24) is 19.9 Å². The number of sulfonamides is 1. The fourth-order valence-electron chi connectivity index (χ4n) is 2.40. The van der Waals surface area contributed by atoms with Gasteiger partial charge in [0.05, 0.1) is 16.5 Å². The summed E-state index contributed by atoms with van der Waals surface area (Å²) in [5.41, 5.74) is 1.10. The number of aryl methyl sites for hydroxylation is 2. The standard InChI is InChI=1S/C14H25N5O2S2/c1-11-12(2)22-13(18-11)5-6-16-14(15-3)17-7-9-19-8-4-10-23(19,20)21/h4-10H2,1-3H3,(H2,15,16,17). The summed E-state index contributed by atoms with van der Waals surface area (Å²) in [7, 11) is -1.31. The Hall–Kier alpha value is -1.19. The van der Waals surface area contributed by atoms with E-state index in [1.807, 2.05) is 6.92 Å². The van der Waals surface area contributed by atoms with E-state index in [4.69, 9.17) is 0 Å². The van der Waals surface area contributed by atoms with Crippen LogP contribution in [0.25, 0.3) is 0 Å². The largest absolute Gasteiger partial charge is 0.356 e. The van der Waals surface area contributed by atoms with Crippen LogP contribution < -0.4 is 10.6 Å². The molecular weight excluding hydrogens is 334 g/mol. The molecule has 0 aliphatic carbocycles. The van der Waals surface area contributed by atoms with Crippen molar-refractivity contribution in [2.75, 3.05) is 39.0 Å². The van der Waals surface area contributed by atoms with Gasteiger partial charge in [-0.1, -0.05) is 0 Å². The first-order valence-electron chi connectivity index (χ1n) is 7.77. The fourth-order valence-corrected chi connectivity index (χ4v) is 4.86. The number of aliphatic imine (C=N–C) groups is 1. The van der Waals surface area contributed by atoms with Crippen LogP contribution in [0.3, 0.4) is 0 Å². The Morgan fingerprint density at radius 1 is 1.35 bits per heavy atom. The molecule has 1 aromatic heterocycles. The molecule has 1 fully saturated rings. The first-order valence-corrected chi connectivity index (χ1v) is 10.2. The van der Waals surface area contributed by atoms with Crippen LogP contribution in [-0.2, 0) is 16.4 Å². The summed E-state index contributed by atoms with van der Waals surface area (Å²) in [6, 6.07) is 0. The van der Waals surface area contributed by atoms with Crippen molar-refractivity contribution in [3.63, 3.8) is 0 Å². The molecule has 130 valence electrons. The third kappa shape index (κ3) is 5.15. The van der Waals surface area contributed by atoms with Crippen LogP contribution in [-0.4, -0.2) is 62.6 Å². The molecular formula is C14H25N5O2S2. The number of nitrogens with one attached hydrogen (secondary N) is 2. The summed E-state index contributed by atoms with van der Waals surface area (Å²) in [6.45, 7) is 6.50. The van der Waals surface area contributed by atoms with E-state index >= 15 is 0 Å². The Labute approximate surface area is 142 Å². The van der Waals surface area contributed by atoms with Crippen LogP contribution in [0.4, 0.5) is 0 Å². The molecule has 2 N–H and O–H groups in total. The SMILES string of the molecule is CN=C(NCCc1nc(C)c(C)s1)NCCN1CCCS1(=O)=O. The van der Waals surface area contributed by atoms with Crippen molar-refractivity contribution in [2.24, 2.45) is 4.99 Å². The molecule has 1 saturated heterocycles. The highest BCUT2D eigenvalue weighted by molar-refractivity contribution is 7.89. The molecule has 0 spiro atoms. The van der Waals surface area contributed by atoms with Gasteiger partial charge in [-0.15, -0.1) is 11.3 Å². The van der Waals surface area contributed by atoms with Gasteiger partial charge >= 0.3 is 0 Å². The van der Waals surface area contributed by atoms with Gasteiger partial charge in [0.2, 0.25) is 10.0 Å². The summed E-state index contributed by atoms with van der Waals surface area (Å²) in [6.07, 6.45) is 1.57. The lowest BCUT2D eigenvalue weighted by Crippen LogP contribution is -2.42. The summed E-state index contributed by atoms with van der Waals surface area (Å²) >= 11 is 1.72. The molecule has 2 heterocycles. The number of thiazole rings is 1. The van der Waals surface area contributed by atoms with Gasteiger partial charge in [0, 0.05) is 44.5 Å². The maximum Gasteiger partial charge on any atom is 0.214 e. The molecule has 0 saturated carbocycles. The van der Waals surface area contributed by atoms with Gasteiger partial charge in [-0.2, -0.15) is 0 Å². The summed E-state index contributed by atoms with van der Waals surface area (Å²) in [5, 5.41) is 7.50. The van der Waals surface area contributed by atoms with Gasteiger partial charge in [0.25, 0.3) is 0 Å². The van der Waals surface area contributed by atoms with E-state index in [-0.39, 0.29) is 5.75 Å². The zero-order valence-electron chi connectivity index (χ0n) is 13.9. The molecule has 1 aliphatic heterocycles. The average Bonchev–Trinajstić information content (AvgIpc) is 2.99. The zero-order valence-corrected chi connectivity index (χ0v) is 15.6. The number of rotatable bonds is 6. The van der Waals surface area contributed by atoms with Crippen molar-refractivity contribution >= 4 is 27.3 Å². The Kier molecular flexibility index (Phi) is 6.37. The quantitative estimate of drug-likeness (QED) is 0.571. The third-order valence-electron chi connectivity index (χ3n) is 3.78. The lowest BCUT2D eigenvalue weighted by molar-refractivity contribution is 0.445. The van der Waals surface area contributed by atoms with Gasteiger partial charge in [-0.3, -0.25) is 4.99 Å². The Morgan fingerprint density at radius 2 is 2.09 bits per heavy atom. The molecule has 0 atom stereocenters. The summed E-state index contributed by atoms with van der Waals surface area (Å²) < 4.78 is 25.0. The van der Waals surface area contributed by atoms with Crippen LogP contribution in [0, 0.1) is 13.8 Å². The number of hydrogen-bond donors (Lipinski definition) is 2. The molecule has 0 unspecified atom stereocenters. The van der Waals surface area contributed by atoms with Crippen LogP contribution in [0.5, 0.6) is 0 Å². The second kappa shape index (κ2) is 8.07. The third-order valence-corrected chi connectivity index (χ3v) is 6.87. The number of guanidine groups is 1. The highest BCUT2D eigenvalue weighted by Gasteiger charge is 2.27.